The van der Waals surface area contributed by atoms with E-state index in [9.17, 15) is 0 Å². The molecule has 0 N–H and O–H groups in total. The third-order valence-corrected chi connectivity index (χ3v) is 12.2. The molecule has 0 aliphatic heterocycles. The molecule has 48 heavy (non-hydrogen) atoms. The molecule has 0 bridgehead atoms. The Kier molecular flexibility index (Phi) is 8.35. The Morgan fingerprint density at radius 1 is 0.646 bits per heavy atom. The predicted molar refractivity (Wildman–Crippen MR) is 198 cm³/mol. The van der Waals surface area contributed by atoms with Gasteiger partial charge in [0.1, 0.15) is 5.58 Å². The van der Waals surface area contributed by atoms with E-state index in [1.807, 2.05) is 91.1 Å². The van der Waals surface area contributed by atoms with Crippen LogP contribution in [0.1, 0.15) is 6.85 Å². The van der Waals surface area contributed by atoms with E-state index in [1.54, 1.807) is 18.3 Å². The van der Waals surface area contributed by atoms with Gasteiger partial charge in [0, 0.05) is 31.7 Å². The number of fused-ring (bicyclic) bond motifs is 3. The molecule has 3 nitrogen and oxygen atoms in total. The quantitative estimate of drug-likeness (QED) is 0.128. The molecule has 1 radical (unpaired) electrons. The van der Waals surface area contributed by atoms with Crippen molar-refractivity contribution in [3.8, 4) is 44.8 Å². The predicted octanol–water partition coefficient (Wildman–Crippen LogP) is 10.9. The molecule has 0 aliphatic rings. The number of pyridine rings is 2. The molecule has 5 aromatic carbocycles. The van der Waals surface area contributed by atoms with Gasteiger partial charge in [-0.15, -0.1) is 18.2 Å². The van der Waals surface area contributed by atoms with Crippen molar-refractivity contribution >= 4 is 39.6 Å². The Morgan fingerprint density at radius 2 is 1.44 bits per heavy atom. The maximum Gasteiger partial charge on any atom is 0 e. The van der Waals surface area contributed by atoms with Gasteiger partial charge in [-0.05, 0) is 40.1 Å². The second-order valence-corrected chi connectivity index (χ2v) is 22.8. The first-order valence-electron chi connectivity index (χ1n) is 17.9. The molecule has 0 unspecified atom stereocenters. The zero-order valence-electron chi connectivity index (χ0n) is 31.7. The van der Waals surface area contributed by atoms with Gasteiger partial charge in [0.2, 0.25) is 0 Å². The number of benzene rings is 5. The first kappa shape index (κ1) is 27.4. The minimum absolute atomic E-state index is 0. The number of hydrogen-bond donors (Lipinski definition) is 0. The summed E-state index contributed by atoms with van der Waals surface area (Å²) in [6, 6.07) is 40.3. The van der Waals surface area contributed by atoms with Gasteiger partial charge in [0.15, 0.2) is 0 Å². The Balaban J connectivity index is 0.000000238. The van der Waals surface area contributed by atoms with Crippen molar-refractivity contribution in [2.75, 3.05) is 0 Å². The maximum atomic E-state index is 8.31. The van der Waals surface area contributed by atoms with Crippen molar-refractivity contribution in [2.24, 2.45) is 0 Å². The molecule has 0 amide bonds. The number of hydrogen-bond acceptors (Lipinski definition) is 3. The van der Waals surface area contributed by atoms with Crippen molar-refractivity contribution in [1.82, 2.24) is 9.97 Å². The summed E-state index contributed by atoms with van der Waals surface area (Å²) in [7, 11) is 0. The van der Waals surface area contributed by atoms with Gasteiger partial charge >= 0.3 is 99.8 Å². The second kappa shape index (κ2) is 14.7. The summed E-state index contributed by atoms with van der Waals surface area (Å²) in [4.78, 5) is 9.10. The number of furan rings is 1. The van der Waals surface area contributed by atoms with Crippen LogP contribution in [-0.4, -0.2) is 23.2 Å². The van der Waals surface area contributed by atoms with Gasteiger partial charge < -0.3 is 9.40 Å². The summed E-state index contributed by atoms with van der Waals surface area (Å²) < 4.78 is 48.2. The Hall–Kier alpha value is -4.61. The molecule has 5 heteroatoms. The third-order valence-electron chi connectivity index (χ3n) is 7.96. The number of nitrogens with zero attached hydrogens (tertiary/aromatic N) is 2. The standard InChI is InChI=1S/C29H18NO.C14H16GeN.Ir/c1-3-8-20(9-4-1)22-14-15-24-25-12-7-13-26(29(25)31-28(24)19-22)27-18-23(16-17-30-27)21-10-5-2-6-11-21;1-15(2,3)13-9-10-14(16-11-13)12-7-5-4-6-8-12;/h1-12,14-19H;4-7,9-11H,1-3H3;/q2*-1;/i1D,3D,4D,8D,9D;;. The fraction of sp³-hybridized carbons (Fsp3) is 0.0698. The van der Waals surface area contributed by atoms with E-state index in [4.69, 9.17) is 11.3 Å². The summed E-state index contributed by atoms with van der Waals surface area (Å²) >= 11 is -1.72. The molecule has 237 valence electrons. The Morgan fingerprint density at radius 3 is 2.17 bits per heavy atom. The minimum Gasteiger partial charge on any atom is 0 e. The number of rotatable bonds is 5. The monoisotopic (exact) mass is 866 g/mol. The Labute approximate surface area is 305 Å². The molecule has 0 fully saturated rings. The van der Waals surface area contributed by atoms with Crippen LogP contribution in [0.2, 0.25) is 17.3 Å². The molecule has 3 aromatic heterocycles. The van der Waals surface area contributed by atoms with E-state index in [1.165, 1.54) is 4.40 Å². The van der Waals surface area contributed by atoms with Crippen LogP contribution in [-0.2, 0) is 20.1 Å². The topological polar surface area (TPSA) is 38.9 Å². The molecule has 8 rings (SSSR count). The van der Waals surface area contributed by atoms with E-state index < -0.39 is 19.3 Å². The summed E-state index contributed by atoms with van der Waals surface area (Å²) in [6.07, 6.45) is 3.81. The van der Waals surface area contributed by atoms with Crippen LogP contribution in [0.3, 0.4) is 0 Å². The summed E-state index contributed by atoms with van der Waals surface area (Å²) in [5, 5.41) is 1.74. The van der Waals surface area contributed by atoms with E-state index in [2.05, 4.69) is 51.5 Å². The molecular formula is C43H34GeIrN2O-2. The normalized spacial score (nSPS) is 12.5. The Bertz CT molecular complexity index is 2530. The molecule has 0 spiro atoms. The van der Waals surface area contributed by atoms with Crippen molar-refractivity contribution in [3.63, 3.8) is 0 Å². The van der Waals surface area contributed by atoms with Crippen LogP contribution in [0.4, 0.5) is 0 Å². The largest absolute Gasteiger partial charge is 0 e. The van der Waals surface area contributed by atoms with Crippen LogP contribution in [0, 0.1) is 12.1 Å². The first-order valence-corrected chi connectivity index (χ1v) is 22.8. The SMILES string of the molecule is [2H]c1c([2H])c([2H])c(-c2ccc3c(c2)oc2c(-c4cc(-c5ccccc5)ccn4)[c-]ccc23)c([2H])c1[2H].[CH3][Ge]([CH3])([CH3])[c]1ccc(-c2[c-]cccc2)nc1.[Ir]. The molecule has 0 saturated carbocycles. The van der Waals surface area contributed by atoms with Crippen molar-refractivity contribution in [3.05, 3.63) is 164 Å². The minimum atomic E-state index is -1.72. The average molecular weight is 865 g/mol. The van der Waals surface area contributed by atoms with Crippen LogP contribution in [0.25, 0.3) is 66.7 Å². The zero-order chi connectivity index (χ0) is 36.6. The van der Waals surface area contributed by atoms with E-state index in [0.29, 0.717) is 16.7 Å². The van der Waals surface area contributed by atoms with Gasteiger partial charge in [0.25, 0.3) is 0 Å². The fourth-order valence-electron chi connectivity index (χ4n) is 5.41. The molecule has 3 heterocycles. The van der Waals surface area contributed by atoms with Gasteiger partial charge in [-0.25, -0.2) is 0 Å². The molecule has 8 aromatic rings. The van der Waals surface area contributed by atoms with Crippen molar-refractivity contribution in [1.29, 1.82) is 0 Å². The summed E-state index contributed by atoms with van der Waals surface area (Å²) in [5.74, 6) is 7.14. The van der Waals surface area contributed by atoms with E-state index in [0.717, 1.165) is 44.4 Å². The van der Waals surface area contributed by atoms with Gasteiger partial charge in [-0.1, -0.05) is 89.7 Å². The molecular weight excluding hydrogens is 825 g/mol. The van der Waals surface area contributed by atoms with Gasteiger partial charge in [-0.3, -0.25) is 0 Å². The van der Waals surface area contributed by atoms with Crippen molar-refractivity contribution in [2.45, 2.75) is 17.3 Å². The summed E-state index contributed by atoms with van der Waals surface area (Å²) in [5.41, 5.74) is 7.47. The molecule has 0 aliphatic carbocycles. The zero-order valence-corrected chi connectivity index (χ0v) is 31.2. The molecule has 0 atom stereocenters. The summed E-state index contributed by atoms with van der Waals surface area (Å²) in [6.45, 7) is 0. The fourth-order valence-corrected chi connectivity index (χ4v) is 7.58. The smallest absolute Gasteiger partial charge is 0 e. The van der Waals surface area contributed by atoms with Crippen molar-refractivity contribution < 1.29 is 31.4 Å². The van der Waals surface area contributed by atoms with Gasteiger partial charge in [0.05, 0.1) is 12.4 Å². The van der Waals surface area contributed by atoms with E-state index in [-0.39, 0.29) is 49.8 Å². The van der Waals surface area contributed by atoms with Crippen LogP contribution in [0.15, 0.2) is 156 Å². The molecule has 0 saturated heterocycles. The second-order valence-electron chi connectivity index (χ2n) is 12.2. The maximum absolute atomic E-state index is 8.31. The first-order chi connectivity index (χ1) is 25.0. The van der Waals surface area contributed by atoms with Crippen LogP contribution in [0.5, 0.6) is 0 Å². The van der Waals surface area contributed by atoms with Gasteiger partial charge in [-0.2, -0.15) is 0 Å². The van der Waals surface area contributed by atoms with E-state index >= 15 is 0 Å². The average Bonchev–Trinajstić information content (AvgIpc) is 3.55. The van der Waals surface area contributed by atoms with Crippen LogP contribution >= 0.6 is 0 Å². The number of aromatic nitrogens is 2. The third kappa shape index (κ3) is 7.27. The van der Waals surface area contributed by atoms with Crippen LogP contribution < -0.4 is 4.40 Å².